The number of pyridine rings is 3. The minimum atomic E-state index is -0.493. The molecule has 3 fully saturated rings. The third kappa shape index (κ3) is 10.5. The van der Waals surface area contributed by atoms with E-state index >= 15 is 0 Å². The summed E-state index contributed by atoms with van der Waals surface area (Å²) >= 11 is 0. The molecule has 0 saturated carbocycles. The summed E-state index contributed by atoms with van der Waals surface area (Å²) in [5, 5.41) is 3.16. The number of nitrogens with zero attached hydrogens (tertiary/aromatic N) is 3. The topological polar surface area (TPSA) is 94.1 Å². The van der Waals surface area contributed by atoms with Crippen molar-refractivity contribution in [1.29, 1.82) is 0 Å². The van der Waals surface area contributed by atoms with Crippen LogP contribution in [0.15, 0.2) is 219 Å². The van der Waals surface area contributed by atoms with Crippen molar-refractivity contribution in [2.75, 3.05) is 0 Å². The molecule has 6 heterocycles. The molecule has 12 heteroatoms. The van der Waals surface area contributed by atoms with E-state index in [2.05, 4.69) is 271 Å². The molecule has 3 aliphatic heterocycles. The lowest BCUT2D eigenvalue weighted by molar-refractivity contribution is 0.00578. The molecule has 0 radical (unpaired) electrons. The van der Waals surface area contributed by atoms with Crippen molar-refractivity contribution >= 4 is 59.4 Å². The Labute approximate surface area is 524 Å². The van der Waals surface area contributed by atoms with E-state index in [1.807, 2.05) is 30.7 Å². The van der Waals surface area contributed by atoms with Gasteiger partial charge in [0.25, 0.3) is 0 Å². The van der Waals surface area contributed by atoms with Crippen molar-refractivity contribution in [1.82, 2.24) is 15.0 Å². The zero-order chi connectivity index (χ0) is 61.8. The summed E-state index contributed by atoms with van der Waals surface area (Å²) in [7, 11) is -1.44. The molecule has 9 nitrogen and oxygen atoms in total. The van der Waals surface area contributed by atoms with Crippen LogP contribution in [-0.4, -0.2) is 69.9 Å². The Morgan fingerprint density at radius 3 is 1.04 bits per heavy atom. The molecule has 89 heavy (non-hydrogen) atoms. The molecule has 0 atom stereocenters. The summed E-state index contributed by atoms with van der Waals surface area (Å²) in [6, 6.07) is 71.2. The number of aromatic nitrogens is 3. The first kappa shape index (κ1) is 58.4. The van der Waals surface area contributed by atoms with E-state index < -0.39 is 55.0 Å². The van der Waals surface area contributed by atoms with Gasteiger partial charge in [-0.2, -0.15) is 0 Å². The Hall–Kier alpha value is -8.32. The Balaban J connectivity index is 0.852. The maximum absolute atomic E-state index is 6.56. The van der Waals surface area contributed by atoms with Crippen LogP contribution in [0.1, 0.15) is 83.1 Å². The van der Waals surface area contributed by atoms with E-state index in [1.165, 1.54) is 0 Å². The standard InChI is InChI=1S/C77H72B3N3O6/c1-72(2)73(3,4)85-78(84-72)58-24-19-22-49(44-58)69-38-35-52(46-81-69)60-26-13-15-28-62(60)54-41-55(63-29-16-14-27-61(63)53-36-39-70(82-47-53)50-23-20-25-59(45-50)79-86-74(5,6)75(7,8)87-79)43-56(42-54)64-30-17-18-31-65(64)57-40-51-34-37-66-67(71(51)83-48-57)32-21-33-68(66)80-88-76(9,10)77(11,12)89-80/h13-48H,1-12H3. The van der Waals surface area contributed by atoms with Crippen LogP contribution in [0.4, 0.5) is 0 Å². The minimum absolute atomic E-state index is 0.445. The predicted molar refractivity (Wildman–Crippen MR) is 365 cm³/mol. The number of rotatable bonds is 11. The van der Waals surface area contributed by atoms with E-state index in [-0.39, 0.29) is 0 Å². The molecule has 14 rings (SSSR count). The number of fused-ring (bicyclic) bond motifs is 3. The monoisotopic (exact) mass is 1170 g/mol. The number of hydrogen-bond donors (Lipinski definition) is 0. The fourth-order valence-corrected chi connectivity index (χ4v) is 12.5. The summed E-state index contributed by atoms with van der Waals surface area (Å²) < 4.78 is 38.9. The first-order chi connectivity index (χ1) is 42.5. The zero-order valence-corrected chi connectivity index (χ0v) is 52.8. The first-order valence-electron chi connectivity index (χ1n) is 31.0. The fourth-order valence-electron chi connectivity index (χ4n) is 12.5. The van der Waals surface area contributed by atoms with Crippen LogP contribution in [0.5, 0.6) is 0 Å². The molecule has 0 N–H and O–H groups in total. The van der Waals surface area contributed by atoms with Gasteiger partial charge in [-0.3, -0.25) is 15.0 Å². The van der Waals surface area contributed by atoms with Gasteiger partial charge in [0.05, 0.1) is 50.5 Å². The summed E-state index contributed by atoms with van der Waals surface area (Å²) in [6.07, 6.45) is 6.00. The van der Waals surface area contributed by atoms with Gasteiger partial charge in [-0.25, -0.2) is 0 Å². The van der Waals surface area contributed by atoms with Crippen LogP contribution >= 0.6 is 0 Å². The molecular weight excluding hydrogens is 1100 g/mol. The summed E-state index contributed by atoms with van der Waals surface area (Å²) in [4.78, 5) is 15.5. The van der Waals surface area contributed by atoms with Crippen molar-refractivity contribution in [2.45, 2.75) is 117 Å². The van der Waals surface area contributed by atoms with Crippen LogP contribution in [0.25, 0.3) is 111 Å². The molecule has 11 aromatic rings. The van der Waals surface area contributed by atoms with E-state index in [9.17, 15) is 0 Å². The summed E-state index contributed by atoms with van der Waals surface area (Å²) in [6.45, 7) is 25.0. The molecule has 3 saturated heterocycles. The summed E-state index contributed by atoms with van der Waals surface area (Å²) in [5.41, 5.74) is 17.5. The highest BCUT2D eigenvalue weighted by Gasteiger charge is 2.54. The SMILES string of the molecule is CC1(C)OB(c2cccc(-c3ccc(-c4ccccc4-c4cc(-c5ccccc5-c5ccc(-c6cccc(B7OC(C)(C)C(C)(C)O7)c6)nc5)cc(-c5ccccc5-c5cnc6c(ccc7c(B8OC(C)(C)C(C)(C)O8)cccc76)c5)c4)cn3)c2)OC1(C)C. The van der Waals surface area contributed by atoms with Gasteiger partial charge in [-0.1, -0.05) is 164 Å². The van der Waals surface area contributed by atoms with Gasteiger partial charge in [0, 0.05) is 46.1 Å². The van der Waals surface area contributed by atoms with Crippen molar-refractivity contribution in [3.8, 4) is 89.3 Å². The van der Waals surface area contributed by atoms with Gasteiger partial charge in [0.15, 0.2) is 0 Å². The molecule has 3 aliphatic rings. The molecule has 3 aromatic heterocycles. The highest BCUT2D eigenvalue weighted by molar-refractivity contribution is 6.65. The lowest BCUT2D eigenvalue weighted by atomic mass is 9.76. The van der Waals surface area contributed by atoms with E-state index in [4.69, 9.17) is 42.9 Å². The van der Waals surface area contributed by atoms with E-state index in [0.29, 0.717) is 0 Å². The maximum Gasteiger partial charge on any atom is 0.495 e. The Kier molecular flexibility index (Phi) is 14.3. The van der Waals surface area contributed by atoms with Crippen molar-refractivity contribution in [3.05, 3.63) is 219 Å². The van der Waals surface area contributed by atoms with Gasteiger partial charge in [0.1, 0.15) is 0 Å². The zero-order valence-electron chi connectivity index (χ0n) is 52.8. The van der Waals surface area contributed by atoms with Crippen molar-refractivity contribution < 1.29 is 27.9 Å². The van der Waals surface area contributed by atoms with Gasteiger partial charge in [-0.15, -0.1) is 0 Å². The predicted octanol–water partition coefficient (Wildman–Crippen LogP) is 16.4. The van der Waals surface area contributed by atoms with Gasteiger partial charge >= 0.3 is 21.4 Å². The second kappa shape index (κ2) is 21.7. The molecule has 0 unspecified atom stereocenters. The second-order valence-electron chi connectivity index (χ2n) is 27.1. The molecule has 0 spiro atoms. The average molecular weight is 1170 g/mol. The quantitative estimate of drug-likeness (QED) is 0.0927. The molecule has 440 valence electrons. The molecule has 0 bridgehead atoms. The third-order valence-electron chi connectivity index (χ3n) is 19.8. The first-order valence-corrected chi connectivity index (χ1v) is 31.0. The Morgan fingerprint density at radius 2 is 0.640 bits per heavy atom. The molecular formula is C77H72B3N3O6. The largest absolute Gasteiger partial charge is 0.495 e. The van der Waals surface area contributed by atoms with Gasteiger partial charge in [0.2, 0.25) is 0 Å². The molecule has 8 aromatic carbocycles. The third-order valence-corrected chi connectivity index (χ3v) is 19.8. The van der Waals surface area contributed by atoms with Crippen LogP contribution in [0, 0.1) is 0 Å². The summed E-state index contributed by atoms with van der Waals surface area (Å²) in [5.74, 6) is 0. The van der Waals surface area contributed by atoms with Crippen LogP contribution < -0.4 is 16.4 Å². The molecule has 0 aliphatic carbocycles. The maximum atomic E-state index is 6.56. The van der Waals surface area contributed by atoms with Crippen LogP contribution in [0.2, 0.25) is 0 Å². The smallest absolute Gasteiger partial charge is 0.399 e. The highest BCUT2D eigenvalue weighted by Crippen LogP contribution is 2.45. The van der Waals surface area contributed by atoms with Crippen LogP contribution in [0.3, 0.4) is 0 Å². The van der Waals surface area contributed by atoms with Gasteiger partial charge < -0.3 is 27.9 Å². The second-order valence-corrected chi connectivity index (χ2v) is 27.1. The lowest BCUT2D eigenvalue weighted by Gasteiger charge is -2.32. The number of benzene rings is 8. The minimum Gasteiger partial charge on any atom is -0.399 e. The number of hydrogen-bond acceptors (Lipinski definition) is 9. The van der Waals surface area contributed by atoms with Crippen molar-refractivity contribution in [3.63, 3.8) is 0 Å². The normalized spacial score (nSPS) is 17.9. The molecule has 0 amide bonds. The van der Waals surface area contributed by atoms with Crippen molar-refractivity contribution in [2.24, 2.45) is 0 Å². The average Bonchev–Trinajstić information content (AvgIpc) is 1.91. The van der Waals surface area contributed by atoms with Gasteiger partial charge in [-0.05, 0) is 202 Å². The highest BCUT2D eigenvalue weighted by atomic mass is 16.7. The Bertz CT molecular complexity index is 4330. The lowest BCUT2D eigenvalue weighted by Crippen LogP contribution is -2.41. The van der Waals surface area contributed by atoms with E-state index in [1.54, 1.807) is 0 Å². The van der Waals surface area contributed by atoms with Crippen LogP contribution in [-0.2, 0) is 27.9 Å². The Morgan fingerprint density at radius 1 is 0.270 bits per heavy atom. The van der Waals surface area contributed by atoms with E-state index in [0.717, 1.165) is 127 Å². The fraction of sp³-hybridized carbons (Fsp3) is 0.234.